The van der Waals surface area contributed by atoms with Crippen LogP contribution >= 0.6 is 27.5 Å². The first-order valence-corrected chi connectivity index (χ1v) is 11.5. The number of ether oxygens (including phenoxy) is 2. The van der Waals surface area contributed by atoms with Crippen LogP contribution in [-0.2, 0) is 11.4 Å². The van der Waals surface area contributed by atoms with E-state index in [1.165, 1.54) is 24.3 Å². The number of carbonyl (C=O) groups excluding carboxylic acids is 1. The number of nitriles is 1. The molecule has 0 aromatic heterocycles. The molecule has 0 heterocycles. The summed E-state index contributed by atoms with van der Waals surface area (Å²) in [6, 6.07) is 18.0. The molecule has 3 rings (SSSR count). The topological polar surface area (TPSA) is 114 Å². The van der Waals surface area contributed by atoms with Crippen molar-refractivity contribution in [1.82, 2.24) is 0 Å². The van der Waals surface area contributed by atoms with Crippen molar-refractivity contribution in [2.24, 2.45) is 0 Å². The molecular formula is C25H19BrClN3O5. The van der Waals surface area contributed by atoms with E-state index in [0.717, 1.165) is 4.47 Å². The summed E-state index contributed by atoms with van der Waals surface area (Å²) in [6.45, 7) is 2.12. The maximum atomic E-state index is 12.6. The van der Waals surface area contributed by atoms with Crippen molar-refractivity contribution in [2.45, 2.75) is 13.5 Å². The van der Waals surface area contributed by atoms with Gasteiger partial charge in [-0.25, -0.2) is 0 Å². The average Bonchev–Trinajstić information content (AvgIpc) is 2.83. The van der Waals surface area contributed by atoms with E-state index in [2.05, 4.69) is 21.2 Å². The molecule has 0 saturated carbocycles. The van der Waals surface area contributed by atoms with Crippen LogP contribution < -0.4 is 14.8 Å². The van der Waals surface area contributed by atoms with E-state index in [9.17, 15) is 20.2 Å². The predicted octanol–water partition coefficient (Wildman–Crippen LogP) is 6.53. The van der Waals surface area contributed by atoms with Crippen LogP contribution in [0.5, 0.6) is 11.5 Å². The van der Waals surface area contributed by atoms with E-state index >= 15 is 0 Å². The van der Waals surface area contributed by atoms with Gasteiger partial charge in [0.05, 0.1) is 16.6 Å². The van der Waals surface area contributed by atoms with Gasteiger partial charge in [0.2, 0.25) is 0 Å². The standard InChI is InChI=1S/C25H19BrClN3O5/c1-2-34-23-13-17(10-18(14-28)25(31)29-20-8-6-19(26)7-9-20)12-22(27)24(23)35-15-16-4-3-5-21(11-16)30(32)33/h3-13H,2,15H2,1H3,(H,29,31)/b18-10+. The lowest BCUT2D eigenvalue weighted by Crippen LogP contribution is -2.13. The second kappa shape index (κ2) is 12.0. The van der Waals surface area contributed by atoms with Crippen molar-refractivity contribution in [2.75, 3.05) is 11.9 Å². The molecule has 3 aromatic carbocycles. The minimum Gasteiger partial charge on any atom is -0.490 e. The van der Waals surface area contributed by atoms with Gasteiger partial charge in [0.25, 0.3) is 11.6 Å². The zero-order chi connectivity index (χ0) is 25.4. The van der Waals surface area contributed by atoms with Crippen LogP contribution in [0.4, 0.5) is 11.4 Å². The van der Waals surface area contributed by atoms with Crippen LogP contribution in [0.15, 0.2) is 70.7 Å². The molecule has 3 aromatic rings. The van der Waals surface area contributed by atoms with E-state index < -0.39 is 10.8 Å². The Morgan fingerprint density at radius 1 is 1.20 bits per heavy atom. The summed E-state index contributed by atoms with van der Waals surface area (Å²) in [7, 11) is 0. The number of hydrogen-bond donors (Lipinski definition) is 1. The number of halogens is 2. The molecule has 0 fully saturated rings. The Bertz CT molecular complexity index is 1320. The molecule has 0 radical (unpaired) electrons. The van der Waals surface area contributed by atoms with Gasteiger partial charge >= 0.3 is 0 Å². The third-order valence-electron chi connectivity index (χ3n) is 4.61. The average molecular weight is 557 g/mol. The number of nitrogens with zero attached hydrogens (tertiary/aromatic N) is 2. The summed E-state index contributed by atoms with van der Waals surface area (Å²) >= 11 is 9.76. The molecule has 10 heteroatoms. The van der Waals surface area contributed by atoms with Crippen LogP contribution in [0, 0.1) is 21.4 Å². The van der Waals surface area contributed by atoms with Crippen molar-refractivity contribution in [1.29, 1.82) is 5.26 Å². The first-order valence-electron chi connectivity index (χ1n) is 10.3. The molecule has 0 aliphatic rings. The maximum Gasteiger partial charge on any atom is 0.269 e. The van der Waals surface area contributed by atoms with E-state index in [0.29, 0.717) is 29.2 Å². The highest BCUT2D eigenvalue weighted by molar-refractivity contribution is 9.10. The number of nitro benzene ring substituents is 1. The molecule has 0 bridgehead atoms. The number of anilines is 1. The summed E-state index contributed by atoms with van der Waals surface area (Å²) in [5.41, 5.74) is 1.41. The Kier molecular flexibility index (Phi) is 8.84. The first-order chi connectivity index (χ1) is 16.8. The predicted molar refractivity (Wildman–Crippen MR) is 136 cm³/mol. The largest absolute Gasteiger partial charge is 0.490 e. The number of amides is 1. The highest BCUT2D eigenvalue weighted by Crippen LogP contribution is 2.38. The molecule has 0 spiro atoms. The molecule has 178 valence electrons. The van der Waals surface area contributed by atoms with E-state index in [-0.39, 0.29) is 28.6 Å². The molecule has 8 nitrogen and oxygen atoms in total. The highest BCUT2D eigenvalue weighted by atomic mass is 79.9. The van der Waals surface area contributed by atoms with Crippen LogP contribution in [0.3, 0.4) is 0 Å². The van der Waals surface area contributed by atoms with Crippen LogP contribution in [0.25, 0.3) is 6.08 Å². The molecule has 35 heavy (non-hydrogen) atoms. The molecular weight excluding hydrogens is 538 g/mol. The number of carbonyl (C=O) groups is 1. The lowest BCUT2D eigenvalue weighted by molar-refractivity contribution is -0.384. The molecule has 0 aliphatic heterocycles. The van der Waals surface area contributed by atoms with Crippen molar-refractivity contribution in [3.8, 4) is 17.6 Å². The number of non-ortho nitro benzene ring substituents is 1. The fraction of sp³-hybridized carbons (Fsp3) is 0.120. The maximum absolute atomic E-state index is 12.6. The summed E-state index contributed by atoms with van der Waals surface area (Å²) in [5.74, 6) is -0.0211. The Hall–Kier alpha value is -3.87. The third kappa shape index (κ3) is 7.06. The fourth-order valence-electron chi connectivity index (χ4n) is 3.04. The zero-order valence-electron chi connectivity index (χ0n) is 18.5. The van der Waals surface area contributed by atoms with Crippen molar-refractivity contribution in [3.05, 3.63) is 97.0 Å². The van der Waals surface area contributed by atoms with Gasteiger partial charge in [-0.3, -0.25) is 14.9 Å². The number of nitrogens with one attached hydrogen (secondary N) is 1. The number of rotatable bonds is 9. The summed E-state index contributed by atoms with van der Waals surface area (Å²) < 4.78 is 12.3. The molecule has 0 aliphatic carbocycles. The molecule has 0 unspecified atom stereocenters. The van der Waals surface area contributed by atoms with Crippen molar-refractivity contribution < 1.29 is 19.2 Å². The normalized spacial score (nSPS) is 10.9. The van der Waals surface area contributed by atoms with Crippen LogP contribution in [0.1, 0.15) is 18.1 Å². The fourth-order valence-corrected chi connectivity index (χ4v) is 3.57. The lowest BCUT2D eigenvalue weighted by atomic mass is 10.1. The van der Waals surface area contributed by atoms with Gasteiger partial charge in [0.15, 0.2) is 11.5 Å². The number of hydrogen-bond acceptors (Lipinski definition) is 6. The van der Waals surface area contributed by atoms with Gasteiger partial charge in [-0.2, -0.15) is 5.26 Å². The number of benzene rings is 3. The molecule has 1 N–H and O–H groups in total. The van der Waals surface area contributed by atoms with Crippen molar-refractivity contribution in [3.63, 3.8) is 0 Å². The van der Waals surface area contributed by atoms with E-state index in [4.69, 9.17) is 21.1 Å². The zero-order valence-corrected chi connectivity index (χ0v) is 20.8. The molecule has 0 atom stereocenters. The second-order valence-corrected chi connectivity index (χ2v) is 8.43. The monoisotopic (exact) mass is 555 g/mol. The van der Waals surface area contributed by atoms with E-state index in [1.54, 1.807) is 49.4 Å². The second-order valence-electron chi connectivity index (χ2n) is 7.11. The van der Waals surface area contributed by atoms with Gasteiger partial charge in [-0.05, 0) is 60.5 Å². The van der Waals surface area contributed by atoms with Gasteiger partial charge < -0.3 is 14.8 Å². The smallest absolute Gasteiger partial charge is 0.269 e. The quantitative estimate of drug-likeness (QED) is 0.139. The number of nitro groups is 1. The third-order valence-corrected chi connectivity index (χ3v) is 5.42. The summed E-state index contributed by atoms with van der Waals surface area (Å²) in [5, 5.41) is 23.4. The first kappa shape index (κ1) is 25.7. The minimum absolute atomic E-state index is 0.0235. The van der Waals surface area contributed by atoms with Gasteiger partial charge in [-0.15, -0.1) is 0 Å². The Morgan fingerprint density at radius 3 is 2.60 bits per heavy atom. The Morgan fingerprint density at radius 2 is 1.94 bits per heavy atom. The molecule has 0 saturated heterocycles. The summed E-state index contributed by atoms with van der Waals surface area (Å²) in [4.78, 5) is 23.1. The van der Waals surface area contributed by atoms with Crippen LogP contribution in [0.2, 0.25) is 5.02 Å². The van der Waals surface area contributed by atoms with Gasteiger partial charge in [0.1, 0.15) is 18.2 Å². The molecule has 1 amide bonds. The minimum atomic E-state index is -0.574. The Labute approximate surface area is 215 Å². The van der Waals surface area contributed by atoms with E-state index in [1.807, 2.05) is 6.07 Å². The lowest BCUT2D eigenvalue weighted by Gasteiger charge is -2.15. The van der Waals surface area contributed by atoms with Crippen molar-refractivity contribution >= 4 is 50.9 Å². The summed E-state index contributed by atoms with van der Waals surface area (Å²) in [6.07, 6.45) is 1.40. The van der Waals surface area contributed by atoms with Gasteiger partial charge in [0, 0.05) is 22.3 Å². The van der Waals surface area contributed by atoms with Crippen LogP contribution in [-0.4, -0.2) is 17.4 Å². The van der Waals surface area contributed by atoms with Gasteiger partial charge in [-0.1, -0.05) is 39.7 Å². The Balaban J connectivity index is 1.84. The highest BCUT2D eigenvalue weighted by Gasteiger charge is 2.16. The SMILES string of the molecule is CCOc1cc(/C=C(\C#N)C(=O)Nc2ccc(Br)cc2)cc(Cl)c1OCc1cccc([N+](=O)[O-])c1.